The van der Waals surface area contributed by atoms with Crippen molar-refractivity contribution in [2.24, 2.45) is 5.41 Å². The predicted octanol–water partition coefficient (Wildman–Crippen LogP) is 4.64. The van der Waals surface area contributed by atoms with Crippen LogP contribution in [-0.2, 0) is 0 Å². The third-order valence-corrected chi connectivity index (χ3v) is 4.05. The summed E-state index contributed by atoms with van der Waals surface area (Å²) in [6, 6.07) is 2.11. The SMILES string of the molecule is CCCNc1nc(OCCC(C)(C)C)c2cc(C)sc2n1. The summed E-state index contributed by atoms with van der Waals surface area (Å²) >= 11 is 1.68. The van der Waals surface area contributed by atoms with Crippen LogP contribution in [0.15, 0.2) is 6.07 Å². The molecule has 0 aliphatic carbocycles. The van der Waals surface area contributed by atoms with Gasteiger partial charge in [0.15, 0.2) is 0 Å². The third-order valence-electron chi connectivity index (χ3n) is 3.10. The number of nitrogens with one attached hydrogen (secondary N) is 1. The zero-order valence-corrected chi connectivity index (χ0v) is 14.4. The number of rotatable bonds is 6. The minimum absolute atomic E-state index is 0.264. The van der Waals surface area contributed by atoms with Crippen LogP contribution >= 0.6 is 11.3 Å². The van der Waals surface area contributed by atoms with E-state index in [9.17, 15) is 0 Å². The first-order valence-corrected chi connectivity index (χ1v) is 8.35. The summed E-state index contributed by atoms with van der Waals surface area (Å²) in [7, 11) is 0. The monoisotopic (exact) mass is 307 g/mol. The standard InChI is InChI=1S/C16H25N3OS/c1-6-8-17-15-18-13(20-9-7-16(3,4)5)12-10-11(2)21-14(12)19-15/h10H,6-9H2,1-5H3,(H,17,18,19). The molecular weight excluding hydrogens is 282 g/mol. The molecule has 5 heteroatoms. The molecule has 0 unspecified atom stereocenters. The molecule has 0 amide bonds. The molecule has 21 heavy (non-hydrogen) atoms. The van der Waals surface area contributed by atoms with Gasteiger partial charge in [-0.3, -0.25) is 0 Å². The van der Waals surface area contributed by atoms with E-state index < -0.39 is 0 Å². The van der Waals surface area contributed by atoms with Gasteiger partial charge in [0.1, 0.15) is 4.83 Å². The average molecular weight is 307 g/mol. The average Bonchev–Trinajstić information content (AvgIpc) is 2.75. The van der Waals surface area contributed by atoms with Crippen LogP contribution in [0.3, 0.4) is 0 Å². The number of aromatic nitrogens is 2. The lowest BCUT2D eigenvalue weighted by atomic mass is 9.93. The zero-order valence-electron chi connectivity index (χ0n) is 13.6. The zero-order chi connectivity index (χ0) is 15.5. The van der Waals surface area contributed by atoms with E-state index in [1.807, 2.05) is 0 Å². The van der Waals surface area contributed by atoms with Crippen molar-refractivity contribution >= 4 is 27.5 Å². The molecule has 1 N–H and O–H groups in total. The topological polar surface area (TPSA) is 47.0 Å². The van der Waals surface area contributed by atoms with Gasteiger partial charge in [0.25, 0.3) is 0 Å². The number of thiophene rings is 1. The minimum atomic E-state index is 0.264. The maximum atomic E-state index is 5.94. The van der Waals surface area contributed by atoms with Crippen LogP contribution < -0.4 is 10.1 Å². The van der Waals surface area contributed by atoms with Gasteiger partial charge in [-0.1, -0.05) is 27.7 Å². The normalized spacial score (nSPS) is 11.9. The van der Waals surface area contributed by atoms with Crippen LogP contribution in [0.25, 0.3) is 10.2 Å². The molecule has 2 heterocycles. The number of hydrogen-bond acceptors (Lipinski definition) is 5. The summed E-state index contributed by atoms with van der Waals surface area (Å²) in [6.45, 7) is 12.4. The molecule has 116 valence electrons. The van der Waals surface area contributed by atoms with Crippen LogP contribution in [0.4, 0.5) is 5.95 Å². The van der Waals surface area contributed by atoms with Gasteiger partial charge in [-0.15, -0.1) is 11.3 Å². The Hall–Kier alpha value is -1.36. The van der Waals surface area contributed by atoms with E-state index >= 15 is 0 Å². The predicted molar refractivity (Wildman–Crippen MR) is 90.5 cm³/mol. The number of anilines is 1. The van der Waals surface area contributed by atoms with E-state index in [0.717, 1.165) is 29.6 Å². The van der Waals surface area contributed by atoms with Gasteiger partial charge < -0.3 is 10.1 Å². The van der Waals surface area contributed by atoms with E-state index in [2.05, 4.69) is 56.0 Å². The summed E-state index contributed by atoms with van der Waals surface area (Å²) in [5.74, 6) is 1.36. The molecule has 0 saturated carbocycles. The molecule has 4 nitrogen and oxygen atoms in total. The number of hydrogen-bond donors (Lipinski definition) is 1. The molecule has 0 aliphatic heterocycles. The second-order valence-corrected chi connectivity index (χ2v) is 7.75. The molecule has 0 atom stereocenters. The fourth-order valence-electron chi connectivity index (χ4n) is 1.90. The van der Waals surface area contributed by atoms with Crippen LogP contribution in [-0.4, -0.2) is 23.1 Å². The van der Waals surface area contributed by atoms with Crippen molar-refractivity contribution in [2.45, 2.75) is 47.5 Å². The highest BCUT2D eigenvalue weighted by molar-refractivity contribution is 7.18. The second kappa shape index (κ2) is 6.60. The van der Waals surface area contributed by atoms with Crippen molar-refractivity contribution in [2.75, 3.05) is 18.5 Å². The van der Waals surface area contributed by atoms with Gasteiger partial charge in [0.05, 0.1) is 12.0 Å². The molecule has 2 aromatic rings. The Morgan fingerprint density at radius 1 is 1.29 bits per heavy atom. The van der Waals surface area contributed by atoms with Crippen LogP contribution in [0.5, 0.6) is 5.88 Å². The highest BCUT2D eigenvalue weighted by Crippen LogP contribution is 2.31. The summed E-state index contributed by atoms with van der Waals surface area (Å²) < 4.78 is 5.94. The van der Waals surface area contributed by atoms with Gasteiger partial charge in [-0.25, -0.2) is 4.98 Å². The molecule has 0 aromatic carbocycles. The molecule has 0 bridgehead atoms. The van der Waals surface area contributed by atoms with Crippen molar-refractivity contribution in [1.82, 2.24) is 9.97 Å². The van der Waals surface area contributed by atoms with E-state index in [0.29, 0.717) is 18.4 Å². The van der Waals surface area contributed by atoms with Crippen molar-refractivity contribution in [1.29, 1.82) is 0 Å². The Morgan fingerprint density at radius 3 is 2.71 bits per heavy atom. The van der Waals surface area contributed by atoms with Crippen molar-refractivity contribution < 1.29 is 4.74 Å². The Labute approximate surface area is 131 Å². The molecule has 2 aromatic heterocycles. The number of nitrogens with zero attached hydrogens (tertiary/aromatic N) is 2. The number of ether oxygens (including phenoxy) is 1. The summed E-state index contributed by atoms with van der Waals surface area (Å²) in [5, 5.41) is 4.27. The smallest absolute Gasteiger partial charge is 0.227 e. The summed E-state index contributed by atoms with van der Waals surface area (Å²) in [6.07, 6.45) is 2.05. The van der Waals surface area contributed by atoms with Gasteiger partial charge in [-0.05, 0) is 31.2 Å². The molecule has 0 radical (unpaired) electrons. The molecule has 0 fully saturated rings. The summed E-state index contributed by atoms with van der Waals surface area (Å²) in [4.78, 5) is 11.3. The van der Waals surface area contributed by atoms with Crippen molar-refractivity contribution in [3.63, 3.8) is 0 Å². The van der Waals surface area contributed by atoms with E-state index in [1.54, 1.807) is 11.3 Å². The quantitative estimate of drug-likeness (QED) is 0.844. The van der Waals surface area contributed by atoms with Crippen molar-refractivity contribution in [3.05, 3.63) is 10.9 Å². The maximum Gasteiger partial charge on any atom is 0.227 e. The molecule has 0 aliphatic rings. The first-order valence-electron chi connectivity index (χ1n) is 7.54. The van der Waals surface area contributed by atoms with Gasteiger partial charge in [0.2, 0.25) is 11.8 Å². The van der Waals surface area contributed by atoms with Gasteiger partial charge >= 0.3 is 0 Å². The second-order valence-electron chi connectivity index (χ2n) is 6.51. The lowest BCUT2D eigenvalue weighted by Crippen LogP contribution is -2.12. The van der Waals surface area contributed by atoms with Gasteiger partial charge in [0, 0.05) is 11.4 Å². The Balaban J connectivity index is 2.22. The van der Waals surface area contributed by atoms with Crippen LogP contribution in [0.1, 0.15) is 45.4 Å². The number of fused-ring (bicyclic) bond motifs is 1. The van der Waals surface area contributed by atoms with Gasteiger partial charge in [-0.2, -0.15) is 4.98 Å². The fraction of sp³-hybridized carbons (Fsp3) is 0.625. The highest BCUT2D eigenvalue weighted by Gasteiger charge is 2.14. The van der Waals surface area contributed by atoms with E-state index in [-0.39, 0.29) is 5.41 Å². The highest BCUT2D eigenvalue weighted by atomic mass is 32.1. The number of aryl methyl sites for hydroxylation is 1. The lowest BCUT2D eigenvalue weighted by molar-refractivity contribution is 0.239. The molecular formula is C16H25N3OS. The Bertz CT molecular complexity index is 601. The lowest BCUT2D eigenvalue weighted by Gasteiger charge is -2.18. The summed E-state index contributed by atoms with van der Waals surface area (Å²) in [5.41, 5.74) is 0.264. The molecule has 0 spiro atoms. The van der Waals surface area contributed by atoms with E-state index in [4.69, 9.17) is 4.74 Å². The largest absolute Gasteiger partial charge is 0.477 e. The van der Waals surface area contributed by atoms with Crippen LogP contribution in [0, 0.1) is 12.3 Å². The first kappa shape index (κ1) is 16.0. The first-order chi connectivity index (χ1) is 9.89. The maximum absolute atomic E-state index is 5.94. The molecule has 2 rings (SSSR count). The van der Waals surface area contributed by atoms with Crippen LogP contribution in [0.2, 0.25) is 0 Å². The molecule has 0 saturated heterocycles. The Morgan fingerprint density at radius 2 is 2.05 bits per heavy atom. The van der Waals surface area contributed by atoms with E-state index in [1.165, 1.54) is 4.88 Å². The Kier molecular flexibility index (Phi) is 5.04. The van der Waals surface area contributed by atoms with Crippen molar-refractivity contribution in [3.8, 4) is 5.88 Å². The minimum Gasteiger partial charge on any atom is -0.477 e. The third kappa shape index (κ3) is 4.56. The fourth-order valence-corrected chi connectivity index (χ4v) is 2.77.